The minimum Gasteiger partial charge on any atom is -0.392 e. The number of hydrogen-bond donors (Lipinski definition) is 2. The Balaban J connectivity index is 1.57. The third-order valence-electron chi connectivity index (χ3n) is 5.00. The fourth-order valence-electron chi connectivity index (χ4n) is 3.95. The summed E-state index contributed by atoms with van der Waals surface area (Å²) in [6.45, 7) is 2.33. The van der Waals surface area contributed by atoms with Crippen LogP contribution in [0.1, 0.15) is 44.9 Å². The summed E-state index contributed by atoms with van der Waals surface area (Å²) in [5, 5.41) is 13.0. The van der Waals surface area contributed by atoms with Crippen molar-refractivity contribution in [2.45, 2.75) is 63.1 Å². The van der Waals surface area contributed by atoms with Gasteiger partial charge in [-0.2, -0.15) is 0 Å². The van der Waals surface area contributed by atoms with E-state index in [1.54, 1.807) is 0 Å². The molecule has 2 saturated heterocycles. The molecule has 2 aliphatic heterocycles. The van der Waals surface area contributed by atoms with Crippen molar-refractivity contribution in [1.82, 2.24) is 10.2 Å². The summed E-state index contributed by atoms with van der Waals surface area (Å²) in [6.07, 6.45) is 7.12. The zero-order valence-corrected chi connectivity index (χ0v) is 11.0. The van der Waals surface area contributed by atoms with Gasteiger partial charge in [0.2, 0.25) is 5.91 Å². The first kappa shape index (κ1) is 12.4. The Hall–Kier alpha value is -0.610. The minimum absolute atomic E-state index is 0.0948. The van der Waals surface area contributed by atoms with Gasteiger partial charge in [-0.15, -0.1) is 0 Å². The highest BCUT2D eigenvalue weighted by Gasteiger charge is 2.39. The summed E-state index contributed by atoms with van der Waals surface area (Å²) in [6, 6.07) is 0.881. The quantitative estimate of drug-likeness (QED) is 0.767. The number of carbonyl (C=O) groups is 1. The smallest absolute Gasteiger partial charge is 0.225 e. The number of nitrogens with zero attached hydrogens (tertiary/aromatic N) is 1. The van der Waals surface area contributed by atoms with E-state index in [0.29, 0.717) is 12.1 Å². The summed E-state index contributed by atoms with van der Waals surface area (Å²) in [4.78, 5) is 14.7. The number of carbonyl (C=O) groups excluding carboxylic acids is 1. The standard InChI is InChI=1S/C14H24N2O2/c17-13-6-3-4-10(13)14(18)15-11-7-9-16-8-2-1-5-12(11)16/h10-13,17H,1-9H2,(H,15,18). The molecule has 1 aliphatic carbocycles. The molecule has 0 spiro atoms. The van der Waals surface area contributed by atoms with E-state index in [0.717, 1.165) is 32.2 Å². The lowest BCUT2D eigenvalue weighted by atomic mass is 9.97. The number of nitrogens with one attached hydrogen (secondary N) is 1. The van der Waals surface area contributed by atoms with Gasteiger partial charge >= 0.3 is 0 Å². The normalized spacial score (nSPS) is 40.7. The van der Waals surface area contributed by atoms with Crippen LogP contribution in [0.2, 0.25) is 0 Å². The molecule has 4 heteroatoms. The molecule has 3 rings (SSSR count). The summed E-state index contributed by atoms with van der Waals surface area (Å²) in [5.74, 6) is -0.0555. The van der Waals surface area contributed by atoms with Gasteiger partial charge in [-0.3, -0.25) is 9.69 Å². The molecule has 1 amide bonds. The SMILES string of the molecule is O=C(NC1CCN2CCCCC12)C1CCCC1O. The molecule has 3 aliphatic rings. The molecule has 2 N–H and O–H groups in total. The van der Waals surface area contributed by atoms with E-state index in [1.807, 2.05) is 0 Å². The maximum absolute atomic E-state index is 12.2. The van der Waals surface area contributed by atoms with Crippen LogP contribution in [0.15, 0.2) is 0 Å². The lowest BCUT2D eigenvalue weighted by Crippen LogP contribution is -2.49. The Morgan fingerprint density at radius 2 is 1.94 bits per heavy atom. The molecule has 2 heterocycles. The van der Waals surface area contributed by atoms with Crippen LogP contribution in [-0.2, 0) is 4.79 Å². The van der Waals surface area contributed by atoms with Crippen molar-refractivity contribution in [3.05, 3.63) is 0 Å². The Labute approximate surface area is 109 Å². The van der Waals surface area contributed by atoms with Gasteiger partial charge in [-0.25, -0.2) is 0 Å². The average Bonchev–Trinajstić information content (AvgIpc) is 2.97. The van der Waals surface area contributed by atoms with E-state index in [4.69, 9.17) is 0 Å². The highest BCUT2D eigenvalue weighted by Crippen LogP contribution is 2.29. The van der Waals surface area contributed by atoms with Crippen LogP contribution in [0.5, 0.6) is 0 Å². The highest BCUT2D eigenvalue weighted by molar-refractivity contribution is 5.80. The van der Waals surface area contributed by atoms with Crippen LogP contribution in [0.3, 0.4) is 0 Å². The lowest BCUT2D eigenvalue weighted by molar-refractivity contribution is -0.128. The Kier molecular flexibility index (Phi) is 3.57. The summed E-state index contributed by atoms with van der Waals surface area (Å²) >= 11 is 0. The number of fused-ring (bicyclic) bond motifs is 1. The predicted molar refractivity (Wildman–Crippen MR) is 69.1 cm³/mol. The fraction of sp³-hybridized carbons (Fsp3) is 0.929. The number of piperidine rings is 1. The van der Waals surface area contributed by atoms with Gasteiger partial charge in [-0.1, -0.05) is 6.42 Å². The molecule has 102 valence electrons. The van der Waals surface area contributed by atoms with Gasteiger partial charge in [0.1, 0.15) is 0 Å². The zero-order chi connectivity index (χ0) is 12.5. The van der Waals surface area contributed by atoms with Gasteiger partial charge in [0.25, 0.3) is 0 Å². The molecule has 0 bridgehead atoms. The predicted octanol–water partition coefficient (Wildman–Crippen LogP) is 0.890. The number of aliphatic hydroxyl groups excluding tert-OH is 1. The first-order chi connectivity index (χ1) is 8.75. The van der Waals surface area contributed by atoms with E-state index in [1.165, 1.54) is 25.8 Å². The maximum atomic E-state index is 12.2. The number of hydrogen-bond acceptors (Lipinski definition) is 3. The van der Waals surface area contributed by atoms with Crippen molar-refractivity contribution in [2.24, 2.45) is 5.92 Å². The van der Waals surface area contributed by atoms with Crippen LogP contribution in [0.25, 0.3) is 0 Å². The van der Waals surface area contributed by atoms with Crippen molar-refractivity contribution < 1.29 is 9.90 Å². The minimum atomic E-state index is -0.408. The van der Waals surface area contributed by atoms with Crippen molar-refractivity contribution in [3.63, 3.8) is 0 Å². The molecule has 18 heavy (non-hydrogen) atoms. The molecule has 4 atom stereocenters. The van der Waals surface area contributed by atoms with E-state index < -0.39 is 6.10 Å². The third kappa shape index (κ3) is 2.28. The van der Waals surface area contributed by atoms with E-state index in [9.17, 15) is 9.90 Å². The summed E-state index contributed by atoms with van der Waals surface area (Å²) in [5.41, 5.74) is 0. The summed E-state index contributed by atoms with van der Waals surface area (Å²) < 4.78 is 0. The molecule has 0 aromatic carbocycles. The van der Waals surface area contributed by atoms with Crippen molar-refractivity contribution in [1.29, 1.82) is 0 Å². The van der Waals surface area contributed by atoms with Gasteiger partial charge in [0, 0.05) is 18.6 Å². The second kappa shape index (κ2) is 5.17. The van der Waals surface area contributed by atoms with Crippen LogP contribution in [-0.4, -0.2) is 47.2 Å². The zero-order valence-electron chi connectivity index (χ0n) is 11.0. The number of aliphatic hydroxyl groups is 1. The topological polar surface area (TPSA) is 52.6 Å². The molecule has 0 aromatic rings. The van der Waals surface area contributed by atoms with E-state index >= 15 is 0 Å². The van der Waals surface area contributed by atoms with Gasteiger partial charge < -0.3 is 10.4 Å². The second-order valence-electron chi connectivity index (χ2n) is 6.11. The largest absolute Gasteiger partial charge is 0.392 e. The van der Waals surface area contributed by atoms with Crippen LogP contribution in [0, 0.1) is 5.92 Å². The Morgan fingerprint density at radius 3 is 2.72 bits per heavy atom. The van der Waals surface area contributed by atoms with Crippen LogP contribution < -0.4 is 5.32 Å². The molecule has 1 saturated carbocycles. The number of amides is 1. The van der Waals surface area contributed by atoms with Gasteiger partial charge in [0.15, 0.2) is 0 Å². The van der Waals surface area contributed by atoms with E-state index in [-0.39, 0.29) is 11.8 Å². The molecule has 0 radical (unpaired) electrons. The molecule has 4 nitrogen and oxygen atoms in total. The van der Waals surface area contributed by atoms with E-state index in [2.05, 4.69) is 10.2 Å². The molecule has 4 unspecified atom stereocenters. The monoisotopic (exact) mass is 252 g/mol. The van der Waals surface area contributed by atoms with Crippen molar-refractivity contribution in [3.8, 4) is 0 Å². The van der Waals surface area contributed by atoms with Crippen molar-refractivity contribution >= 4 is 5.91 Å². The number of rotatable bonds is 2. The second-order valence-corrected chi connectivity index (χ2v) is 6.11. The first-order valence-electron chi connectivity index (χ1n) is 7.48. The molecular weight excluding hydrogens is 228 g/mol. The lowest BCUT2D eigenvalue weighted by Gasteiger charge is -2.33. The van der Waals surface area contributed by atoms with Crippen molar-refractivity contribution in [2.75, 3.05) is 13.1 Å². The molecule has 3 fully saturated rings. The Morgan fingerprint density at radius 1 is 1.06 bits per heavy atom. The van der Waals surface area contributed by atoms with Gasteiger partial charge in [-0.05, 0) is 45.1 Å². The average molecular weight is 252 g/mol. The fourth-order valence-corrected chi connectivity index (χ4v) is 3.95. The molecule has 0 aromatic heterocycles. The highest BCUT2D eigenvalue weighted by atomic mass is 16.3. The first-order valence-corrected chi connectivity index (χ1v) is 7.48. The van der Waals surface area contributed by atoms with Gasteiger partial charge in [0.05, 0.1) is 12.0 Å². The summed E-state index contributed by atoms with van der Waals surface area (Å²) in [7, 11) is 0. The van der Waals surface area contributed by atoms with Crippen LogP contribution in [0.4, 0.5) is 0 Å². The maximum Gasteiger partial charge on any atom is 0.225 e. The molecular formula is C14H24N2O2. The van der Waals surface area contributed by atoms with Crippen LogP contribution >= 0.6 is 0 Å². The third-order valence-corrected chi connectivity index (χ3v) is 5.00. The Bertz CT molecular complexity index is 321.